The maximum Gasteiger partial charge on any atom is 0.171 e. The number of aliphatic hydroxyl groups is 1. The van der Waals surface area contributed by atoms with E-state index in [1.807, 2.05) is 24.3 Å². The van der Waals surface area contributed by atoms with Crippen LogP contribution in [0.4, 0.5) is 5.69 Å². The van der Waals surface area contributed by atoms with Crippen LogP contribution in [0.15, 0.2) is 58.5 Å². The third kappa shape index (κ3) is 3.98. The second-order valence-electron chi connectivity index (χ2n) is 6.85. The van der Waals surface area contributed by atoms with E-state index < -0.39 is 0 Å². The molecular formula is C22H23N3O2S. The number of benzene rings is 2. The molecule has 5 nitrogen and oxygen atoms in total. The summed E-state index contributed by atoms with van der Waals surface area (Å²) in [5.74, 6) is 0.782. The summed E-state index contributed by atoms with van der Waals surface area (Å²) in [7, 11) is 1.65. The number of amidine groups is 1. The first-order valence-corrected chi connectivity index (χ1v) is 10.1. The molecule has 1 aliphatic rings. The van der Waals surface area contributed by atoms with Crippen molar-refractivity contribution in [3.05, 3.63) is 59.7 Å². The van der Waals surface area contributed by atoms with Gasteiger partial charge < -0.3 is 14.7 Å². The molecule has 6 heteroatoms. The summed E-state index contributed by atoms with van der Waals surface area (Å²) in [4.78, 5) is 12.0. The number of pyridine rings is 1. The second-order valence-corrected chi connectivity index (χ2v) is 7.80. The van der Waals surface area contributed by atoms with Gasteiger partial charge in [0.15, 0.2) is 5.17 Å². The summed E-state index contributed by atoms with van der Waals surface area (Å²) in [6.07, 6.45) is 0.702. The van der Waals surface area contributed by atoms with Crippen molar-refractivity contribution in [2.24, 2.45) is 4.99 Å². The van der Waals surface area contributed by atoms with Gasteiger partial charge in [-0.2, -0.15) is 0 Å². The number of aromatic nitrogens is 1. The molecule has 2 aromatic carbocycles. The highest BCUT2D eigenvalue weighted by Crippen LogP contribution is 2.35. The fourth-order valence-corrected chi connectivity index (χ4v) is 4.28. The van der Waals surface area contributed by atoms with Gasteiger partial charge in [-0.3, -0.25) is 0 Å². The molecule has 0 aliphatic carbocycles. The Bertz CT molecular complexity index is 1040. The number of aliphatic hydroxyl groups excluding tert-OH is 1. The Morgan fingerprint density at radius 3 is 2.93 bits per heavy atom. The minimum atomic E-state index is 0.162. The molecule has 0 radical (unpaired) electrons. The highest BCUT2D eigenvalue weighted by molar-refractivity contribution is 8.13. The van der Waals surface area contributed by atoms with Gasteiger partial charge >= 0.3 is 0 Å². The molecule has 0 fully saturated rings. The van der Waals surface area contributed by atoms with Crippen LogP contribution < -0.4 is 4.74 Å². The van der Waals surface area contributed by atoms with Gasteiger partial charge in [0.1, 0.15) is 10.8 Å². The SMILES string of the molecule is COc1cccc(N=C2Sc3nc4ccc(C)cc4cc3CN2CCCO)c1. The zero-order valence-corrected chi connectivity index (χ0v) is 16.9. The Labute approximate surface area is 169 Å². The predicted octanol–water partition coefficient (Wildman–Crippen LogP) is 4.53. The van der Waals surface area contributed by atoms with Gasteiger partial charge in [0.25, 0.3) is 0 Å². The van der Waals surface area contributed by atoms with Crippen LogP contribution in [0.1, 0.15) is 17.5 Å². The number of hydrogen-bond acceptors (Lipinski definition) is 5. The molecule has 2 heterocycles. The standard InChI is InChI=1S/C22H23N3O2S/c1-15-7-8-20-16(11-15)12-17-14-25(9-4-10-26)22(28-21(17)24-20)23-18-5-3-6-19(13-18)27-2/h3,5-8,11-13,26H,4,9-10,14H2,1-2H3. The summed E-state index contributed by atoms with van der Waals surface area (Å²) < 4.78 is 5.31. The fourth-order valence-electron chi connectivity index (χ4n) is 3.27. The molecule has 28 heavy (non-hydrogen) atoms. The molecule has 0 saturated carbocycles. The van der Waals surface area contributed by atoms with Crippen LogP contribution >= 0.6 is 11.8 Å². The van der Waals surface area contributed by atoms with Crippen LogP contribution in [0.25, 0.3) is 10.9 Å². The number of fused-ring (bicyclic) bond motifs is 2. The maximum absolute atomic E-state index is 9.31. The number of aliphatic imine (C=N–C) groups is 1. The highest BCUT2D eigenvalue weighted by Gasteiger charge is 2.24. The molecule has 0 spiro atoms. The van der Waals surface area contributed by atoms with Crippen molar-refractivity contribution in [2.75, 3.05) is 20.3 Å². The van der Waals surface area contributed by atoms with Crippen LogP contribution in [0.2, 0.25) is 0 Å². The van der Waals surface area contributed by atoms with Gasteiger partial charge in [0.05, 0.1) is 18.3 Å². The molecular weight excluding hydrogens is 370 g/mol. The molecule has 144 valence electrons. The van der Waals surface area contributed by atoms with E-state index in [4.69, 9.17) is 14.7 Å². The quantitative estimate of drug-likeness (QED) is 0.690. The van der Waals surface area contributed by atoms with Gasteiger partial charge in [0, 0.05) is 36.7 Å². The molecule has 0 saturated heterocycles. The smallest absolute Gasteiger partial charge is 0.171 e. The van der Waals surface area contributed by atoms with E-state index in [1.165, 1.54) is 11.1 Å². The first-order chi connectivity index (χ1) is 13.7. The van der Waals surface area contributed by atoms with Crippen LogP contribution in [0.3, 0.4) is 0 Å². The largest absolute Gasteiger partial charge is 0.497 e. The average molecular weight is 394 g/mol. The average Bonchev–Trinajstić information content (AvgIpc) is 2.71. The van der Waals surface area contributed by atoms with E-state index in [0.717, 1.165) is 45.6 Å². The minimum absolute atomic E-state index is 0.162. The number of methoxy groups -OCH3 is 1. The number of ether oxygens (including phenoxy) is 1. The van der Waals surface area contributed by atoms with Crippen LogP contribution in [-0.4, -0.2) is 40.4 Å². The molecule has 4 rings (SSSR count). The normalized spacial score (nSPS) is 15.1. The van der Waals surface area contributed by atoms with Crippen molar-refractivity contribution in [3.63, 3.8) is 0 Å². The maximum atomic E-state index is 9.31. The molecule has 1 aliphatic heterocycles. The topological polar surface area (TPSA) is 58.0 Å². The minimum Gasteiger partial charge on any atom is -0.497 e. The van der Waals surface area contributed by atoms with Gasteiger partial charge in [-0.15, -0.1) is 0 Å². The van der Waals surface area contributed by atoms with E-state index in [0.29, 0.717) is 6.42 Å². The Kier molecular flexibility index (Phi) is 5.50. The summed E-state index contributed by atoms with van der Waals surface area (Å²) in [6.45, 7) is 3.75. The van der Waals surface area contributed by atoms with Crippen molar-refractivity contribution < 1.29 is 9.84 Å². The summed E-state index contributed by atoms with van der Waals surface area (Å²) >= 11 is 1.59. The monoisotopic (exact) mass is 393 g/mol. The van der Waals surface area contributed by atoms with Gasteiger partial charge in [0.2, 0.25) is 0 Å². The van der Waals surface area contributed by atoms with Gasteiger partial charge in [-0.1, -0.05) is 17.7 Å². The Balaban J connectivity index is 1.73. The summed E-state index contributed by atoms with van der Waals surface area (Å²) in [6, 6.07) is 16.3. The number of hydrogen-bond donors (Lipinski definition) is 1. The van der Waals surface area contributed by atoms with E-state index in [-0.39, 0.29) is 6.61 Å². The molecule has 1 aromatic heterocycles. The lowest BCUT2D eigenvalue weighted by Crippen LogP contribution is -2.33. The van der Waals surface area contributed by atoms with E-state index in [9.17, 15) is 5.11 Å². The molecule has 3 aromatic rings. The van der Waals surface area contributed by atoms with Crippen molar-refractivity contribution in [3.8, 4) is 5.75 Å². The number of thioether (sulfide) groups is 1. The number of nitrogens with zero attached hydrogens (tertiary/aromatic N) is 3. The van der Waals surface area contributed by atoms with Crippen molar-refractivity contribution in [1.29, 1.82) is 0 Å². The molecule has 1 N–H and O–H groups in total. The Morgan fingerprint density at radius 2 is 2.11 bits per heavy atom. The second kappa shape index (κ2) is 8.20. The van der Waals surface area contributed by atoms with E-state index >= 15 is 0 Å². The lowest BCUT2D eigenvalue weighted by atomic mass is 10.1. The van der Waals surface area contributed by atoms with Gasteiger partial charge in [-0.05, 0) is 55.4 Å². The molecule has 0 unspecified atom stereocenters. The third-order valence-corrected chi connectivity index (χ3v) is 5.77. The summed E-state index contributed by atoms with van der Waals surface area (Å²) in [5, 5.41) is 12.4. The van der Waals surface area contributed by atoms with E-state index in [2.05, 4.69) is 36.1 Å². The van der Waals surface area contributed by atoms with Crippen molar-refractivity contribution >= 4 is 33.5 Å². The zero-order valence-electron chi connectivity index (χ0n) is 16.1. The lowest BCUT2D eigenvalue weighted by Gasteiger charge is -2.30. The number of aryl methyl sites for hydroxylation is 1. The van der Waals surface area contributed by atoms with Crippen molar-refractivity contribution in [1.82, 2.24) is 9.88 Å². The highest BCUT2D eigenvalue weighted by atomic mass is 32.2. The number of rotatable bonds is 5. The molecule has 0 atom stereocenters. The van der Waals surface area contributed by atoms with Crippen LogP contribution in [0, 0.1) is 6.92 Å². The lowest BCUT2D eigenvalue weighted by molar-refractivity contribution is 0.265. The summed E-state index contributed by atoms with van der Waals surface area (Å²) in [5.41, 5.74) is 4.28. The fraction of sp³-hybridized carbons (Fsp3) is 0.273. The third-order valence-electron chi connectivity index (χ3n) is 4.69. The van der Waals surface area contributed by atoms with Crippen molar-refractivity contribution in [2.45, 2.75) is 24.9 Å². The van der Waals surface area contributed by atoms with Crippen LogP contribution in [0.5, 0.6) is 5.75 Å². The molecule has 0 bridgehead atoms. The van der Waals surface area contributed by atoms with E-state index in [1.54, 1.807) is 18.9 Å². The predicted molar refractivity (Wildman–Crippen MR) is 115 cm³/mol. The first kappa shape index (κ1) is 18.8. The Hall–Kier alpha value is -2.57. The van der Waals surface area contributed by atoms with Crippen LogP contribution in [-0.2, 0) is 6.54 Å². The molecule has 0 amide bonds. The van der Waals surface area contributed by atoms with Gasteiger partial charge in [-0.25, -0.2) is 9.98 Å². The first-order valence-electron chi connectivity index (χ1n) is 9.33. The zero-order chi connectivity index (χ0) is 19.5. The Morgan fingerprint density at radius 1 is 1.21 bits per heavy atom.